The van der Waals surface area contributed by atoms with Crippen LogP contribution in [0.3, 0.4) is 0 Å². The van der Waals surface area contributed by atoms with E-state index in [1.54, 1.807) is 36.5 Å². The summed E-state index contributed by atoms with van der Waals surface area (Å²) in [7, 11) is 0. The molecule has 0 saturated heterocycles. The molecule has 0 bridgehead atoms. The molecule has 0 fully saturated rings. The van der Waals surface area contributed by atoms with E-state index in [9.17, 15) is 9.65 Å². The lowest BCUT2D eigenvalue weighted by Crippen LogP contribution is -2.01. The SMILES string of the molecule is N#Cc1cc(-c2ccc(OCCCF)nc2)c(-c2ccco2)nc1N. The Balaban J connectivity index is 1.99. The van der Waals surface area contributed by atoms with Gasteiger partial charge in [0.15, 0.2) is 5.76 Å². The highest BCUT2D eigenvalue weighted by Gasteiger charge is 2.16. The Morgan fingerprint density at radius 1 is 1.32 bits per heavy atom. The Kier molecular flexibility index (Phi) is 4.90. The minimum atomic E-state index is -0.432. The third-order valence-electron chi connectivity index (χ3n) is 3.50. The molecular weight excluding hydrogens is 323 g/mol. The highest BCUT2D eigenvalue weighted by Crippen LogP contribution is 2.33. The summed E-state index contributed by atoms with van der Waals surface area (Å²) in [4.78, 5) is 8.52. The number of hydrogen-bond acceptors (Lipinski definition) is 6. The number of ether oxygens (including phenoxy) is 1. The summed E-state index contributed by atoms with van der Waals surface area (Å²) in [5, 5.41) is 9.22. The first-order valence-corrected chi connectivity index (χ1v) is 7.62. The number of nitrogens with zero attached hydrogens (tertiary/aromatic N) is 3. The summed E-state index contributed by atoms with van der Waals surface area (Å²) >= 11 is 0. The van der Waals surface area contributed by atoms with Crippen molar-refractivity contribution in [3.63, 3.8) is 0 Å². The van der Waals surface area contributed by atoms with Gasteiger partial charge in [-0.25, -0.2) is 9.97 Å². The van der Waals surface area contributed by atoms with Crippen molar-refractivity contribution < 1.29 is 13.5 Å². The van der Waals surface area contributed by atoms with Gasteiger partial charge < -0.3 is 14.9 Å². The summed E-state index contributed by atoms with van der Waals surface area (Å²) in [5.74, 6) is 1.08. The highest BCUT2D eigenvalue weighted by molar-refractivity contribution is 5.81. The fourth-order valence-electron chi connectivity index (χ4n) is 2.29. The third kappa shape index (κ3) is 3.58. The van der Waals surface area contributed by atoms with Crippen LogP contribution in [0.5, 0.6) is 5.88 Å². The monoisotopic (exact) mass is 338 g/mol. The van der Waals surface area contributed by atoms with Crippen molar-refractivity contribution in [2.24, 2.45) is 0 Å². The highest BCUT2D eigenvalue weighted by atomic mass is 19.1. The molecule has 0 aliphatic rings. The van der Waals surface area contributed by atoms with Crippen molar-refractivity contribution in [2.75, 3.05) is 19.0 Å². The van der Waals surface area contributed by atoms with Crippen molar-refractivity contribution in [2.45, 2.75) is 6.42 Å². The zero-order chi connectivity index (χ0) is 17.6. The van der Waals surface area contributed by atoms with Crippen LogP contribution in [0.2, 0.25) is 0 Å². The average Bonchev–Trinajstić information content (AvgIpc) is 3.17. The van der Waals surface area contributed by atoms with Crippen molar-refractivity contribution in [1.29, 1.82) is 5.26 Å². The van der Waals surface area contributed by atoms with Crippen LogP contribution in [0.1, 0.15) is 12.0 Å². The first-order valence-electron chi connectivity index (χ1n) is 7.62. The van der Waals surface area contributed by atoms with E-state index in [-0.39, 0.29) is 18.0 Å². The number of pyridine rings is 2. The molecule has 6 nitrogen and oxygen atoms in total. The molecule has 7 heteroatoms. The van der Waals surface area contributed by atoms with Crippen molar-refractivity contribution in [3.8, 4) is 34.5 Å². The molecule has 2 N–H and O–H groups in total. The molecule has 0 spiro atoms. The molecular formula is C18H15FN4O2. The molecule has 0 unspecified atom stereocenters. The van der Waals surface area contributed by atoms with Gasteiger partial charge in [-0.05, 0) is 24.3 Å². The number of anilines is 1. The van der Waals surface area contributed by atoms with Gasteiger partial charge in [-0.3, -0.25) is 4.39 Å². The van der Waals surface area contributed by atoms with Crippen LogP contribution in [-0.2, 0) is 0 Å². The van der Waals surface area contributed by atoms with Crippen LogP contribution in [0.15, 0.2) is 47.2 Å². The second kappa shape index (κ2) is 7.45. The Morgan fingerprint density at radius 2 is 2.20 bits per heavy atom. The predicted octanol–water partition coefficient (Wildman–Crippen LogP) is 3.60. The molecule has 0 aromatic carbocycles. The van der Waals surface area contributed by atoms with E-state index < -0.39 is 6.67 Å². The normalized spacial score (nSPS) is 10.4. The largest absolute Gasteiger partial charge is 0.478 e. The zero-order valence-electron chi connectivity index (χ0n) is 13.3. The quantitative estimate of drug-likeness (QED) is 0.690. The Bertz CT molecular complexity index is 887. The maximum atomic E-state index is 12.1. The van der Waals surface area contributed by atoms with Gasteiger partial charge >= 0.3 is 0 Å². The number of halogens is 1. The summed E-state index contributed by atoms with van der Waals surface area (Å²) in [6.07, 6.45) is 3.46. The van der Waals surface area contributed by atoms with Gasteiger partial charge in [-0.2, -0.15) is 5.26 Å². The van der Waals surface area contributed by atoms with Gasteiger partial charge in [0, 0.05) is 29.8 Å². The maximum Gasteiger partial charge on any atom is 0.213 e. The molecule has 0 radical (unpaired) electrons. The van der Waals surface area contributed by atoms with Crippen LogP contribution >= 0.6 is 0 Å². The molecule has 0 aliphatic heterocycles. The van der Waals surface area contributed by atoms with E-state index in [4.69, 9.17) is 14.9 Å². The van der Waals surface area contributed by atoms with Crippen molar-refractivity contribution in [1.82, 2.24) is 9.97 Å². The number of nitrogens with two attached hydrogens (primary N) is 1. The Morgan fingerprint density at radius 3 is 2.84 bits per heavy atom. The standard InChI is InChI=1S/C18H15FN4O2/c19-6-2-8-25-16-5-4-12(11-22-16)14-9-13(10-20)18(21)23-17(14)15-3-1-7-24-15/h1,3-5,7,9,11H,2,6,8H2,(H2,21,23). The Labute approximate surface area is 143 Å². The molecule has 3 heterocycles. The molecule has 3 rings (SSSR count). The van der Waals surface area contributed by atoms with Crippen LogP contribution < -0.4 is 10.5 Å². The summed E-state index contributed by atoms with van der Waals surface area (Å²) in [6.45, 7) is -0.166. The fourth-order valence-corrected chi connectivity index (χ4v) is 2.29. The van der Waals surface area contributed by atoms with Crippen LogP contribution in [0.4, 0.5) is 10.2 Å². The number of nitriles is 1. The van der Waals surface area contributed by atoms with Gasteiger partial charge in [0.1, 0.15) is 17.6 Å². The summed E-state index contributed by atoms with van der Waals surface area (Å²) in [6, 6.07) is 10.7. The van der Waals surface area contributed by atoms with Crippen LogP contribution in [-0.4, -0.2) is 23.2 Å². The number of rotatable bonds is 6. The van der Waals surface area contributed by atoms with Crippen molar-refractivity contribution in [3.05, 3.63) is 48.4 Å². The van der Waals surface area contributed by atoms with E-state index in [0.717, 1.165) is 5.56 Å². The predicted molar refractivity (Wildman–Crippen MR) is 90.4 cm³/mol. The topological polar surface area (TPSA) is 98.0 Å². The van der Waals surface area contributed by atoms with Crippen LogP contribution in [0, 0.1) is 11.3 Å². The van der Waals surface area contributed by atoms with Gasteiger partial charge in [-0.1, -0.05) is 0 Å². The molecule has 126 valence electrons. The van der Waals surface area contributed by atoms with Gasteiger partial charge in [0.2, 0.25) is 5.88 Å². The van der Waals surface area contributed by atoms with E-state index in [0.29, 0.717) is 29.3 Å². The lowest BCUT2D eigenvalue weighted by Gasteiger charge is -2.10. The molecule has 3 aromatic heterocycles. The average molecular weight is 338 g/mol. The lowest BCUT2D eigenvalue weighted by atomic mass is 10.0. The number of alkyl halides is 1. The van der Waals surface area contributed by atoms with Gasteiger partial charge in [0.25, 0.3) is 0 Å². The van der Waals surface area contributed by atoms with E-state index in [2.05, 4.69) is 9.97 Å². The Hall–Kier alpha value is -3.40. The van der Waals surface area contributed by atoms with Gasteiger partial charge in [-0.15, -0.1) is 0 Å². The molecule has 0 amide bonds. The molecule has 0 aliphatic carbocycles. The smallest absolute Gasteiger partial charge is 0.213 e. The van der Waals surface area contributed by atoms with Gasteiger partial charge in [0.05, 0.1) is 25.1 Å². The second-order valence-corrected chi connectivity index (χ2v) is 5.18. The third-order valence-corrected chi connectivity index (χ3v) is 3.50. The first kappa shape index (κ1) is 16.5. The number of hydrogen-bond donors (Lipinski definition) is 1. The maximum absolute atomic E-state index is 12.1. The number of nitrogen functional groups attached to an aromatic ring is 1. The molecule has 25 heavy (non-hydrogen) atoms. The number of aromatic nitrogens is 2. The summed E-state index contributed by atoms with van der Waals surface area (Å²) < 4.78 is 22.9. The van der Waals surface area contributed by atoms with E-state index in [1.165, 1.54) is 6.26 Å². The lowest BCUT2D eigenvalue weighted by molar-refractivity contribution is 0.280. The molecule has 0 atom stereocenters. The second-order valence-electron chi connectivity index (χ2n) is 5.18. The summed E-state index contributed by atoms with van der Waals surface area (Å²) in [5.41, 5.74) is 8.03. The number of furan rings is 1. The fraction of sp³-hybridized carbons (Fsp3) is 0.167. The molecule has 3 aromatic rings. The molecule has 0 saturated carbocycles. The van der Waals surface area contributed by atoms with Crippen molar-refractivity contribution >= 4 is 5.82 Å². The zero-order valence-corrected chi connectivity index (χ0v) is 13.3. The first-order chi connectivity index (χ1) is 12.2. The van der Waals surface area contributed by atoms with E-state index >= 15 is 0 Å². The van der Waals surface area contributed by atoms with Crippen LogP contribution in [0.25, 0.3) is 22.6 Å². The minimum Gasteiger partial charge on any atom is -0.478 e. The van der Waals surface area contributed by atoms with E-state index in [1.807, 2.05) is 6.07 Å². The minimum absolute atomic E-state index is 0.136.